The number of hydrogen-bond donors (Lipinski definition) is 2. The van der Waals surface area contributed by atoms with Crippen LogP contribution in [0.25, 0.3) is 0 Å². The Balaban J connectivity index is 2.17. The van der Waals surface area contributed by atoms with E-state index in [9.17, 15) is 13.2 Å². The van der Waals surface area contributed by atoms with Crippen LogP contribution in [0.3, 0.4) is 0 Å². The van der Waals surface area contributed by atoms with E-state index in [-0.39, 0.29) is 28.9 Å². The van der Waals surface area contributed by atoms with Gasteiger partial charge in [-0.3, -0.25) is 4.79 Å². The molecule has 0 bridgehead atoms. The maximum absolute atomic E-state index is 12.8. The molecule has 25 heavy (non-hydrogen) atoms. The van der Waals surface area contributed by atoms with E-state index in [0.29, 0.717) is 18.5 Å². The summed E-state index contributed by atoms with van der Waals surface area (Å²) in [5, 5.41) is 0. The minimum atomic E-state index is -3.56. The van der Waals surface area contributed by atoms with Crippen molar-refractivity contribution in [1.29, 1.82) is 0 Å². The number of amides is 1. The second-order valence-electron chi connectivity index (χ2n) is 6.88. The molecule has 7 heteroatoms. The average molecular weight is 368 g/mol. The van der Waals surface area contributed by atoms with Crippen molar-refractivity contribution in [3.63, 3.8) is 0 Å². The fraction of sp³-hybridized carbons (Fsp3) is 0.611. The van der Waals surface area contributed by atoms with Crippen molar-refractivity contribution in [2.75, 3.05) is 6.54 Å². The molecular formula is C18H29N3O3S. The van der Waals surface area contributed by atoms with Gasteiger partial charge in [0.25, 0.3) is 5.91 Å². The molecule has 1 amide bonds. The Bertz CT molecular complexity index is 686. The first-order valence-electron chi connectivity index (χ1n) is 8.95. The highest BCUT2D eigenvalue weighted by molar-refractivity contribution is 7.89. The largest absolute Gasteiger partial charge is 0.334 e. The zero-order chi connectivity index (χ0) is 18.6. The molecule has 1 aliphatic heterocycles. The van der Waals surface area contributed by atoms with Gasteiger partial charge >= 0.3 is 0 Å². The Morgan fingerprint density at radius 2 is 1.92 bits per heavy atom. The lowest BCUT2D eigenvalue weighted by Gasteiger charge is -2.38. The number of likely N-dealkylation sites (tertiary alicyclic amines) is 1. The highest BCUT2D eigenvalue weighted by Gasteiger charge is 2.30. The maximum atomic E-state index is 12.8. The second kappa shape index (κ2) is 8.29. The summed E-state index contributed by atoms with van der Waals surface area (Å²) in [5.74, 6) is -0.0826. The van der Waals surface area contributed by atoms with Gasteiger partial charge in [0.2, 0.25) is 10.0 Å². The van der Waals surface area contributed by atoms with Crippen LogP contribution in [-0.4, -0.2) is 43.9 Å². The Morgan fingerprint density at radius 1 is 1.28 bits per heavy atom. The van der Waals surface area contributed by atoms with E-state index in [2.05, 4.69) is 4.72 Å². The van der Waals surface area contributed by atoms with E-state index in [1.165, 1.54) is 12.1 Å². The number of carbonyl (C=O) groups is 1. The van der Waals surface area contributed by atoms with Gasteiger partial charge in [0.05, 0.1) is 4.90 Å². The van der Waals surface area contributed by atoms with Crippen molar-refractivity contribution in [2.24, 2.45) is 5.73 Å². The number of hydrogen-bond acceptors (Lipinski definition) is 4. The molecule has 3 atom stereocenters. The minimum absolute atomic E-state index is 0.0386. The molecule has 3 N–H and O–H groups in total. The molecule has 6 nitrogen and oxygen atoms in total. The molecule has 2 rings (SSSR count). The van der Waals surface area contributed by atoms with Crippen LogP contribution in [0.1, 0.15) is 56.8 Å². The summed E-state index contributed by atoms with van der Waals surface area (Å²) in [6, 6.07) is 5.97. The Hall–Kier alpha value is -1.44. The van der Waals surface area contributed by atoms with Crippen molar-refractivity contribution in [1.82, 2.24) is 9.62 Å². The number of sulfonamides is 1. The lowest BCUT2D eigenvalue weighted by Crippen LogP contribution is -2.51. The number of carbonyl (C=O) groups excluding carboxylic acids is 1. The molecule has 1 fully saturated rings. The topological polar surface area (TPSA) is 92.5 Å². The molecule has 1 aromatic carbocycles. The zero-order valence-corrected chi connectivity index (χ0v) is 16.1. The van der Waals surface area contributed by atoms with Gasteiger partial charge in [-0.1, -0.05) is 6.92 Å². The lowest BCUT2D eigenvalue weighted by molar-refractivity contribution is 0.0583. The first-order valence-corrected chi connectivity index (χ1v) is 10.4. The first-order chi connectivity index (χ1) is 11.8. The van der Waals surface area contributed by atoms with Gasteiger partial charge in [0.1, 0.15) is 0 Å². The molecule has 0 saturated carbocycles. The number of rotatable bonds is 6. The predicted octanol–water partition coefficient (Wildman–Crippen LogP) is 2.11. The van der Waals surface area contributed by atoms with Crippen molar-refractivity contribution in [3.05, 3.63) is 29.8 Å². The predicted molar refractivity (Wildman–Crippen MR) is 98.8 cm³/mol. The summed E-state index contributed by atoms with van der Waals surface area (Å²) in [5.41, 5.74) is 6.53. The highest BCUT2D eigenvalue weighted by atomic mass is 32.2. The standard InChI is InChI=1S/C18H29N3O3S/c1-4-13(2)20-25(23,24)16-10-8-15(9-11-16)18(22)21-12-6-5-7-17(21)14(3)19/h8-11,13-14,17,20H,4-7,12,19H2,1-3H3. The highest BCUT2D eigenvalue weighted by Crippen LogP contribution is 2.22. The molecule has 0 aromatic heterocycles. The van der Waals surface area contributed by atoms with Gasteiger partial charge in [0, 0.05) is 30.2 Å². The average Bonchev–Trinajstić information content (AvgIpc) is 2.60. The van der Waals surface area contributed by atoms with Crippen LogP contribution in [-0.2, 0) is 10.0 Å². The van der Waals surface area contributed by atoms with Gasteiger partial charge in [-0.2, -0.15) is 0 Å². The van der Waals surface area contributed by atoms with E-state index < -0.39 is 10.0 Å². The normalized spacial score (nSPS) is 21.0. The molecule has 0 radical (unpaired) electrons. The fourth-order valence-corrected chi connectivity index (χ4v) is 4.44. The minimum Gasteiger partial charge on any atom is -0.334 e. The first kappa shape index (κ1) is 19.9. The summed E-state index contributed by atoms with van der Waals surface area (Å²) >= 11 is 0. The summed E-state index contributed by atoms with van der Waals surface area (Å²) in [7, 11) is -3.56. The molecule has 1 saturated heterocycles. The molecular weight excluding hydrogens is 338 g/mol. The lowest BCUT2D eigenvalue weighted by atomic mass is 9.96. The summed E-state index contributed by atoms with van der Waals surface area (Å²) in [4.78, 5) is 14.8. The number of nitrogens with zero attached hydrogens (tertiary/aromatic N) is 1. The van der Waals surface area contributed by atoms with Gasteiger partial charge in [0.15, 0.2) is 0 Å². The molecule has 1 heterocycles. The number of piperidine rings is 1. The van der Waals surface area contributed by atoms with E-state index in [1.54, 1.807) is 12.1 Å². The van der Waals surface area contributed by atoms with E-state index >= 15 is 0 Å². The van der Waals surface area contributed by atoms with Gasteiger partial charge in [-0.15, -0.1) is 0 Å². The van der Waals surface area contributed by atoms with Crippen molar-refractivity contribution in [3.8, 4) is 0 Å². The smallest absolute Gasteiger partial charge is 0.254 e. The molecule has 3 unspecified atom stereocenters. The zero-order valence-electron chi connectivity index (χ0n) is 15.2. The van der Waals surface area contributed by atoms with Gasteiger partial charge in [-0.25, -0.2) is 13.1 Å². The molecule has 140 valence electrons. The van der Waals surface area contributed by atoms with Crippen LogP contribution >= 0.6 is 0 Å². The Kier molecular flexibility index (Phi) is 6.59. The summed E-state index contributed by atoms with van der Waals surface area (Å²) in [6.45, 7) is 6.36. The maximum Gasteiger partial charge on any atom is 0.254 e. The number of benzene rings is 1. The fourth-order valence-electron chi connectivity index (χ4n) is 3.11. The van der Waals surface area contributed by atoms with Gasteiger partial charge < -0.3 is 10.6 Å². The van der Waals surface area contributed by atoms with E-state index in [4.69, 9.17) is 5.73 Å². The SMILES string of the molecule is CCC(C)NS(=O)(=O)c1ccc(C(=O)N2CCCCC2C(C)N)cc1. The van der Waals surface area contributed by atoms with Crippen LogP contribution in [0.5, 0.6) is 0 Å². The number of nitrogens with one attached hydrogen (secondary N) is 1. The van der Waals surface area contributed by atoms with Crippen molar-refractivity contribution in [2.45, 2.75) is 69.5 Å². The third kappa shape index (κ3) is 4.80. The molecule has 0 spiro atoms. The van der Waals surface area contributed by atoms with E-state index in [0.717, 1.165) is 19.3 Å². The summed E-state index contributed by atoms with van der Waals surface area (Å²) < 4.78 is 27.2. The summed E-state index contributed by atoms with van der Waals surface area (Å²) in [6.07, 6.45) is 3.67. The molecule has 0 aliphatic carbocycles. The third-order valence-corrected chi connectivity index (χ3v) is 6.40. The van der Waals surface area contributed by atoms with E-state index in [1.807, 2.05) is 25.7 Å². The van der Waals surface area contributed by atoms with Crippen molar-refractivity contribution < 1.29 is 13.2 Å². The number of nitrogens with two attached hydrogens (primary N) is 1. The quantitative estimate of drug-likeness (QED) is 0.805. The van der Waals surface area contributed by atoms with Crippen LogP contribution < -0.4 is 10.5 Å². The van der Waals surface area contributed by atoms with Crippen molar-refractivity contribution >= 4 is 15.9 Å². The molecule has 1 aromatic rings. The molecule has 1 aliphatic rings. The Morgan fingerprint density at radius 3 is 2.48 bits per heavy atom. The van der Waals surface area contributed by atoms with Crippen LogP contribution in [0.15, 0.2) is 29.2 Å². The van der Waals surface area contributed by atoms with Gasteiger partial charge in [-0.05, 0) is 63.8 Å². The second-order valence-corrected chi connectivity index (χ2v) is 8.59. The monoisotopic (exact) mass is 367 g/mol. The Labute approximate surface area is 150 Å². The third-order valence-electron chi connectivity index (χ3n) is 4.80. The van der Waals surface area contributed by atoms with Crippen LogP contribution in [0.2, 0.25) is 0 Å². The van der Waals surface area contributed by atoms with Crippen LogP contribution in [0, 0.1) is 0 Å². The van der Waals surface area contributed by atoms with Crippen LogP contribution in [0.4, 0.5) is 0 Å².